The summed E-state index contributed by atoms with van der Waals surface area (Å²) in [5.74, 6) is 5.19. The van der Waals surface area contributed by atoms with Crippen LogP contribution in [-0.4, -0.2) is 25.3 Å². The maximum atomic E-state index is 12.2. The van der Waals surface area contributed by atoms with Gasteiger partial charge in [0.2, 0.25) is 0 Å². The molecule has 0 aromatic rings. The molecule has 200 valence electrons. The standard InChI is InChI=1S/C31H54N2O2/c1-21(2)8-6-9-22(3)26-12-13-27-25-11-10-23-20-24(35-29(34)33-19-7-18-32)14-16-30(23,4)28(25)15-17-31(26,27)5/h10,21-22,24-28H,6-9,11-20,32H2,1-5H3,(H,33,34)/t22-,24?,25+,26-,27+,28+,30+,31-/m1/s1. The molecule has 1 amide bonds. The molecule has 4 aliphatic carbocycles. The quantitative estimate of drug-likeness (QED) is 0.262. The second-order valence-corrected chi connectivity index (χ2v) is 13.6. The number of amides is 1. The van der Waals surface area contributed by atoms with Crippen LogP contribution in [0.3, 0.4) is 0 Å². The molecule has 0 radical (unpaired) electrons. The Morgan fingerprint density at radius 1 is 1.09 bits per heavy atom. The van der Waals surface area contributed by atoms with Crippen LogP contribution in [0.15, 0.2) is 11.6 Å². The number of carbonyl (C=O) groups is 1. The molecule has 0 heterocycles. The van der Waals surface area contributed by atoms with Gasteiger partial charge in [-0.05, 0) is 104 Å². The molecule has 4 heteroatoms. The lowest BCUT2D eigenvalue weighted by Gasteiger charge is -2.58. The van der Waals surface area contributed by atoms with E-state index in [1.54, 1.807) is 5.57 Å². The van der Waals surface area contributed by atoms with Gasteiger partial charge >= 0.3 is 6.09 Å². The molecule has 0 aromatic heterocycles. The molecule has 0 saturated heterocycles. The molecule has 3 fully saturated rings. The maximum Gasteiger partial charge on any atom is 0.407 e. The highest BCUT2D eigenvalue weighted by molar-refractivity contribution is 5.67. The van der Waals surface area contributed by atoms with E-state index >= 15 is 0 Å². The molecular weight excluding hydrogens is 432 g/mol. The third kappa shape index (κ3) is 5.48. The van der Waals surface area contributed by atoms with E-state index in [4.69, 9.17) is 10.5 Å². The van der Waals surface area contributed by atoms with Gasteiger partial charge in [0.25, 0.3) is 0 Å². The second kappa shape index (κ2) is 11.2. The first kappa shape index (κ1) is 27.0. The van der Waals surface area contributed by atoms with Gasteiger partial charge in [-0.2, -0.15) is 0 Å². The zero-order chi connectivity index (χ0) is 25.2. The Morgan fingerprint density at radius 2 is 1.89 bits per heavy atom. The molecule has 4 rings (SSSR count). The van der Waals surface area contributed by atoms with Crippen molar-refractivity contribution in [1.82, 2.24) is 5.32 Å². The van der Waals surface area contributed by atoms with Crippen LogP contribution in [0.5, 0.6) is 0 Å². The largest absolute Gasteiger partial charge is 0.446 e. The Labute approximate surface area is 215 Å². The van der Waals surface area contributed by atoms with Gasteiger partial charge in [-0.25, -0.2) is 4.79 Å². The number of alkyl carbamates (subject to hydrolysis) is 1. The second-order valence-electron chi connectivity index (χ2n) is 13.6. The molecule has 3 N–H and O–H groups in total. The minimum atomic E-state index is -0.269. The van der Waals surface area contributed by atoms with E-state index in [9.17, 15) is 4.79 Å². The van der Waals surface area contributed by atoms with Gasteiger partial charge in [-0.1, -0.05) is 65.5 Å². The predicted molar refractivity (Wildman–Crippen MR) is 145 cm³/mol. The third-order valence-corrected chi connectivity index (χ3v) is 11.2. The molecule has 0 aromatic carbocycles. The number of hydrogen-bond donors (Lipinski definition) is 2. The van der Waals surface area contributed by atoms with Crippen molar-refractivity contribution in [2.75, 3.05) is 13.1 Å². The number of ether oxygens (including phenoxy) is 1. The highest BCUT2D eigenvalue weighted by Crippen LogP contribution is 2.67. The van der Waals surface area contributed by atoms with Crippen LogP contribution >= 0.6 is 0 Å². The Morgan fingerprint density at radius 3 is 2.63 bits per heavy atom. The summed E-state index contributed by atoms with van der Waals surface area (Å²) in [4.78, 5) is 12.2. The summed E-state index contributed by atoms with van der Waals surface area (Å²) in [6, 6.07) is 0. The van der Waals surface area contributed by atoms with Gasteiger partial charge in [0, 0.05) is 13.0 Å². The highest BCUT2D eigenvalue weighted by Gasteiger charge is 2.59. The minimum Gasteiger partial charge on any atom is -0.446 e. The van der Waals surface area contributed by atoms with Crippen molar-refractivity contribution < 1.29 is 9.53 Å². The van der Waals surface area contributed by atoms with Crippen LogP contribution in [0.2, 0.25) is 0 Å². The molecule has 0 spiro atoms. The van der Waals surface area contributed by atoms with Crippen LogP contribution in [-0.2, 0) is 4.74 Å². The first-order valence-electron chi connectivity index (χ1n) is 15.0. The highest BCUT2D eigenvalue weighted by atomic mass is 16.6. The Bertz CT molecular complexity index is 763. The summed E-state index contributed by atoms with van der Waals surface area (Å²) in [7, 11) is 0. The first-order chi connectivity index (χ1) is 16.7. The number of carbonyl (C=O) groups excluding carboxylic acids is 1. The van der Waals surface area contributed by atoms with Crippen LogP contribution < -0.4 is 11.1 Å². The number of nitrogens with two attached hydrogens (primary N) is 1. The topological polar surface area (TPSA) is 64.3 Å². The molecule has 1 unspecified atom stereocenters. The van der Waals surface area contributed by atoms with Crippen molar-refractivity contribution in [1.29, 1.82) is 0 Å². The van der Waals surface area contributed by atoms with Crippen LogP contribution in [0.4, 0.5) is 4.79 Å². The zero-order valence-electron chi connectivity index (χ0n) is 23.4. The van der Waals surface area contributed by atoms with Crippen molar-refractivity contribution in [2.24, 2.45) is 52.1 Å². The number of hydrogen-bond acceptors (Lipinski definition) is 3. The molecular formula is C31H54N2O2. The normalized spacial score (nSPS) is 39.3. The van der Waals surface area contributed by atoms with E-state index < -0.39 is 0 Å². The molecule has 8 atom stereocenters. The molecule has 4 nitrogen and oxygen atoms in total. The number of nitrogens with one attached hydrogen (secondary N) is 1. The van der Waals surface area contributed by atoms with Crippen LogP contribution in [0.1, 0.15) is 112 Å². The summed E-state index contributed by atoms with van der Waals surface area (Å²) in [5, 5.41) is 2.86. The van der Waals surface area contributed by atoms with Crippen LogP contribution in [0.25, 0.3) is 0 Å². The molecule has 35 heavy (non-hydrogen) atoms. The van der Waals surface area contributed by atoms with E-state index in [1.807, 2.05) is 0 Å². The maximum absolute atomic E-state index is 12.2. The number of rotatable bonds is 9. The average Bonchev–Trinajstić information content (AvgIpc) is 3.16. The van der Waals surface area contributed by atoms with Gasteiger partial charge < -0.3 is 15.8 Å². The Balaban J connectivity index is 1.39. The summed E-state index contributed by atoms with van der Waals surface area (Å²) < 4.78 is 5.81. The van der Waals surface area contributed by atoms with Crippen molar-refractivity contribution in [3.63, 3.8) is 0 Å². The molecule has 0 bridgehead atoms. The summed E-state index contributed by atoms with van der Waals surface area (Å²) in [6.07, 6.45) is 17.4. The van der Waals surface area contributed by atoms with Crippen molar-refractivity contribution >= 4 is 6.09 Å². The summed E-state index contributed by atoms with van der Waals surface area (Å²) in [5.41, 5.74) is 7.97. The Kier molecular flexibility index (Phi) is 8.61. The first-order valence-corrected chi connectivity index (χ1v) is 15.0. The van der Waals surface area contributed by atoms with E-state index in [-0.39, 0.29) is 12.2 Å². The Hall–Kier alpha value is -1.03. The van der Waals surface area contributed by atoms with Gasteiger partial charge in [-0.3, -0.25) is 0 Å². The summed E-state index contributed by atoms with van der Waals surface area (Å²) in [6.45, 7) is 13.7. The van der Waals surface area contributed by atoms with E-state index in [0.29, 0.717) is 23.9 Å². The third-order valence-electron chi connectivity index (χ3n) is 11.2. The lowest BCUT2D eigenvalue weighted by atomic mass is 9.47. The van der Waals surface area contributed by atoms with Crippen molar-refractivity contribution in [3.8, 4) is 0 Å². The fourth-order valence-corrected chi connectivity index (χ4v) is 9.24. The fraction of sp³-hybridized carbons (Fsp3) is 0.903. The average molecular weight is 487 g/mol. The van der Waals surface area contributed by atoms with Gasteiger partial charge in [-0.15, -0.1) is 0 Å². The lowest BCUT2D eigenvalue weighted by molar-refractivity contribution is -0.0581. The van der Waals surface area contributed by atoms with Crippen molar-refractivity contribution in [2.45, 2.75) is 118 Å². The molecule has 0 aliphatic heterocycles. The molecule has 4 aliphatic rings. The van der Waals surface area contributed by atoms with E-state index in [2.05, 4.69) is 46.0 Å². The van der Waals surface area contributed by atoms with Gasteiger partial charge in [0.15, 0.2) is 0 Å². The van der Waals surface area contributed by atoms with Crippen molar-refractivity contribution in [3.05, 3.63) is 11.6 Å². The minimum absolute atomic E-state index is 0.0279. The lowest BCUT2D eigenvalue weighted by Crippen LogP contribution is -2.51. The molecule has 3 saturated carbocycles. The predicted octanol–water partition coefficient (Wildman–Crippen LogP) is 7.47. The smallest absolute Gasteiger partial charge is 0.407 e. The SMILES string of the molecule is CC(C)CCC[C@@H](C)[C@H]1CC[C@H]2[C@@H]3CC=C4CC(OC(=O)NCCCN)CC[C@]4(C)[C@H]3CC[C@]12C. The zero-order valence-corrected chi connectivity index (χ0v) is 23.4. The van der Waals surface area contributed by atoms with Gasteiger partial charge in [0.05, 0.1) is 0 Å². The monoisotopic (exact) mass is 486 g/mol. The van der Waals surface area contributed by atoms with Gasteiger partial charge in [0.1, 0.15) is 6.10 Å². The number of allylic oxidation sites excluding steroid dienone is 1. The van der Waals surface area contributed by atoms with E-state index in [0.717, 1.165) is 54.8 Å². The fourth-order valence-electron chi connectivity index (χ4n) is 9.24. The van der Waals surface area contributed by atoms with E-state index in [1.165, 1.54) is 57.8 Å². The van der Waals surface area contributed by atoms with Crippen LogP contribution in [0, 0.1) is 46.3 Å². The number of fused-ring (bicyclic) bond motifs is 5. The summed E-state index contributed by atoms with van der Waals surface area (Å²) >= 11 is 0.